The molecule has 2 aromatic rings. The van der Waals surface area contributed by atoms with Crippen molar-refractivity contribution < 1.29 is 8.78 Å². The Kier molecular flexibility index (Phi) is 4.32. The van der Waals surface area contributed by atoms with Gasteiger partial charge in [0.2, 0.25) is 0 Å². The number of halogens is 3. The molecule has 0 aliphatic heterocycles. The summed E-state index contributed by atoms with van der Waals surface area (Å²) in [6.07, 6.45) is 0.458. The van der Waals surface area contributed by atoms with Crippen LogP contribution < -0.4 is 5.73 Å². The topological polar surface area (TPSA) is 26.0 Å². The van der Waals surface area contributed by atoms with Gasteiger partial charge in [-0.25, -0.2) is 8.78 Å². The van der Waals surface area contributed by atoms with Crippen LogP contribution in [0.4, 0.5) is 8.78 Å². The molecule has 100 valence electrons. The van der Waals surface area contributed by atoms with Crippen molar-refractivity contribution in [3.8, 4) is 0 Å². The van der Waals surface area contributed by atoms with Crippen molar-refractivity contribution in [2.24, 2.45) is 5.73 Å². The third kappa shape index (κ3) is 3.85. The van der Waals surface area contributed by atoms with E-state index in [4.69, 9.17) is 5.73 Å². The SMILES string of the molecule is Cc1cc(F)cc(C(N)Cc2cc(F)cc(Br)c2)c1. The Hall–Kier alpha value is -1.26. The maximum absolute atomic E-state index is 13.3. The van der Waals surface area contributed by atoms with Crippen LogP contribution in [0.1, 0.15) is 22.7 Å². The Bertz CT molecular complexity index is 558. The van der Waals surface area contributed by atoms with Crippen molar-refractivity contribution in [2.75, 3.05) is 0 Å². The lowest BCUT2D eigenvalue weighted by molar-refractivity contribution is 0.612. The first-order valence-electron chi connectivity index (χ1n) is 5.91. The van der Waals surface area contributed by atoms with E-state index in [1.54, 1.807) is 0 Å². The van der Waals surface area contributed by atoms with E-state index in [2.05, 4.69) is 15.9 Å². The molecule has 0 heterocycles. The number of rotatable bonds is 3. The van der Waals surface area contributed by atoms with Crippen LogP contribution in [0.3, 0.4) is 0 Å². The van der Waals surface area contributed by atoms with Gasteiger partial charge in [0, 0.05) is 10.5 Å². The highest BCUT2D eigenvalue weighted by atomic mass is 79.9. The predicted octanol–water partition coefficient (Wildman–Crippen LogP) is 4.28. The van der Waals surface area contributed by atoms with E-state index in [1.165, 1.54) is 24.3 Å². The molecule has 0 radical (unpaired) electrons. The summed E-state index contributed by atoms with van der Waals surface area (Å²) in [7, 11) is 0. The summed E-state index contributed by atoms with van der Waals surface area (Å²) < 4.78 is 27.3. The number of benzene rings is 2. The van der Waals surface area contributed by atoms with Gasteiger partial charge in [-0.15, -0.1) is 0 Å². The molecule has 0 aliphatic rings. The summed E-state index contributed by atoms with van der Waals surface area (Å²) in [4.78, 5) is 0. The van der Waals surface area contributed by atoms with E-state index in [-0.39, 0.29) is 17.7 Å². The minimum absolute atomic E-state index is 0.300. The molecule has 0 saturated carbocycles. The maximum atomic E-state index is 13.3. The molecule has 0 amide bonds. The van der Waals surface area contributed by atoms with E-state index >= 15 is 0 Å². The van der Waals surface area contributed by atoms with Crippen molar-refractivity contribution >= 4 is 15.9 Å². The van der Waals surface area contributed by atoms with Gasteiger partial charge in [0.05, 0.1) is 0 Å². The van der Waals surface area contributed by atoms with Crippen molar-refractivity contribution in [1.29, 1.82) is 0 Å². The van der Waals surface area contributed by atoms with E-state index in [0.717, 1.165) is 16.7 Å². The number of nitrogens with two attached hydrogens (primary N) is 1. The fraction of sp³-hybridized carbons (Fsp3) is 0.200. The molecule has 1 atom stereocenters. The summed E-state index contributed by atoms with van der Waals surface area (Å²) in [5, 5.41) is 0. The largest absolute Gasteiger partial charge is 0.324 e. The maximum Gasteiger partial charge on any atom is 0.124 e. The van der Waals surface area contributed by atoms with Gasteiger partial charge in [0.1, 0.15) is 11.6 Å². The van der Waals surface area contributed by atoms with Gasteiger partial charge in [-0.05, 0) is 60.4 Å². The lowest BCUT2D eigenvalue weighted by Crippen LogP contribution is -2.14. The Labute approximate surface area is 119 Å². The standard InChI is InChI=1S/C15H14BrF2N/c1-9-2-11(7-13(17)3-9)15(19)6-10-4-12(16)8-14(18)5-10/h2-5,7-8,15H,6,19H2,1H3. The van der Waals surface area contributed by atoms with Gasteiger partial charge in [0.15, 0.2) is 0 Å². The fourth-order valence-corrected chi connectivity index (χ4v) is 2.59. The molecule has 0 bridgehead atoms. The number of hydrogen-bond acceptors (Lipinski definition) is 1. The zero-order valence-corrected chi connectivity index (χ0v) is 12.0. The van der Waals surface area contributed by atoms with Gasteiger partial charge in [-0.1, -0.05) is 22.0 Å². The van der Waals surface area contributed by atoms with Crippen molar-refractivity contribution in [3.63, 3.8) is 0 Å². The van der Waals surface area contributed by atoms with E-state index < -0.39 is 0 Å². The summed E-state index contributed by atoms with van der Waals surface area (Å²) in [6.45, 7) is 1.82. The van der Waals surface area contributed by atoms with E-state index in [1.807, 2.05) is 19.1 Å². The molecule has 0 aliphatic carbocycles. The average Bonchev–Trinajstić information content (AvgIpc) is 2.25. The second-order valence-corrected chi connectivity index (χ2v) is 5.57. The lowest BCUT2D eigenvalue weighted by Gasteiger charge is -2.13. The number of hydrogen-bond donors (Lipinski definition) is 1. The summed E-state index contributed by atoms with van der Waals surface area (Å²) in [5.41, 5.74) is 8.38. The van der Waals surface area contributed by atoms with Gasteiger partial charge in [-0.2, -0.15) is 0 Å². The molecule has 0 aromatic heterocycles. The molecule has 1 nitrogen and oxygen atoms in total. The van der Waals surface area contributed by atoms with Crippen LogP contribution in [-0.2, 0) is 6.42 Å². The Morgan fingerprint density at radius 2 is 1.74 bits per heavy atom. The fourth-order valence-electron chi connectivity index (χ4n) is 2.08. The molecule has 19 heavy (non-hydrogen) atoms. The molecule has 2 rings (SSSR count). The third-order valence-corrected chi connectivity index (χ3v) is 3.33. The van der Waals surface area contributed by atoms with E-state index in [0.29, 0.717) is 10.9 Å². The molecule has 0 spiro atoms. The molecule has 2 aromatic carbocycles. The average molecular weight is 326 g/mol. The number of aryl methyl sites for hydroxylation is 1. The lowest BCUT2D eigenvalue weighted by atomic mass is 9.98. The van der Waals surface area contributed by atoms with Crippen molar-refractivity contribution in [1.82, 2.24) is 0 Å². The van der Waals surface area contributed by atoms with Crippen LogP contribution in [-0.4, -0.2) is 0 Å². The van der Waals surface area contributed by atoms with Crippen molar-refractivity contribution in [2.45, 2.75) is 19.4 Å². The van der Waals surface area contributed by atoms with Crippen LogP contribution in [0.25, 0.3) is 0 Å². The normalized spacial score (nSPS) is 12.5. The van der Waals surface area contributed by atoms with Gasteiger partial charge in [0.25, 0.3) is 0 Å². The third-order valence-electron chi connectivity index (χ3n) is 2.87. The quantitative estimate of drug-likeness (QED) is 0.895. The zero-order valence-electron chi connectivity index (χ0n) is 10.5. The highest BCUT2D eigenvalue weighted by Crippen LogP contribution is 2.22. The molecular formula is C15H14BrF2N. The minimum atomic E-state index is -0.358. The Morgan fingerprint density at radius 3 is 2.37 bits per heavy atom. The Balaban J connectivity index is 2.22. The van der Waals surface area contributed by atoms with Gasteiger partial charge >= 0.3 is 0 Å². The summed E-state index contributed by atoms with van der Waals surface area (Å²) >= 11 is 3.24. The van der Waals surface area contributed by atoms with Crippen molar-refractivity contribution in [3.05, 3.63) is 69.2 Å². The van der Waals surface area contributed by atoms with Crippen LogP contribution in [0.2, 0.25) is 0 Å². The second kappa shape index (κ2) is 5.80. The smallest absolute Gasteiger partial charge is 0.124 e. The minimum Gasteiger partial charge on any atom is -0.324 e. The highest BCUT2D eigenvalue weighted by Gasteiger charge is 2.10. The first kappa shape index (κ1) is 14.2. The summed E-state index contributed by atoms with van der Waals surface area (Å²) in [6, 6.07) is 9.01. The van der Waals surface area contributed by atoms with E-state index in [9.17, 15) is 8.78 Å². The molecular weight excluding hydrogens is 312 g/mol. The molecule has 1 unspecified atom stereocenters. The monoisotopic (exact) mass is 325 g/mol. The molecule has 0 saturated heterocycles. The first-order valence-corrected chi connectivity index (χ1v) is 6.71. The Morgan fingerprint density at radius 1 is 1.05 bits per heavy atom. The van der Waals surface area contributed by atoms with Crippen LogP contribution in [0.15, 0.2) is 40.9 Å². The van der Waals surface area contributed by atoms with Crippen LogP contribution >= 0.6 is 15.9 Å². The second-order valence-electron chi connectivity index (χ2n) is 4.65. The molecule has 4 heteroatoms. The highest BCUT2D eigenvalue weighted by molar-refractivity contribution is 9.10. The van der Waals surface area contributed by atoms with Gasteiger partial charge < -0.3 is 5.73 Å². The summed E-state index contributed by atoms with van der Waals surface area (Å²) in [5.74, 6) is -0.613. The predicted molar refractivity (Wildman–Crippen MR) is 75.9 cm³/mol. The zero-order chi connectivity index (χ0) is 14.0. The van der Waals surface area contributed by atoms with Crippen LogP contribution in [0.5, 0.6) is 0 Å². The van der Waals surface area contributed by atoms with Gasteiger partial charge in [-0.3, -0.25) is 0 Å². The van der Waals surface area contributed by atoms with Crippen LogP contribution in [0, 0.1) is 18.6 Å². The molecule has 2 N–H and O–H groups in total. The molecule has 0 fully saturated rings. The first-order chi connectivity index (χ1) is 8.94.